The number of benzene rings is 1. The summed E-state index contributed by atoms with van der Waals surface area (Å²) in [6.45, 7) is 1.41. The molecule has 0 bridgehead atoms. The molecule has 1 rings (SSSR count). The molecule has 0 radical (unpaired) electrons. The third kappa shape index (κ3) is 3.67. The second-order valence-corrected chi connectivity index (χ2v) is 3.85. The largest absolute Gasteiger partial charge is 0.423 e. The van der Waals surface area contributed by atoms with Gasteiger partial charge in [0.15, 0.2) is 0 Å². The number of nitro groups is 1. The molecule has 0 aromatic heterocycles. The Hall–Kier alpha value is -2.16. The minimum atomic E-state index is -4.89. The van der Waals surface area contributed by atoms with E-state index >= 15 is 0 Å². The van der Waals surface area contributed by atoms with E-state index in [0.717, 1.165) is 6.07 Å². The summed E-state index contributed by atoms with van der Waals surface area (Å²) in [5.41, 5.74) is -2.70. The van der Waals surface area contributed by atoms with Crippen molar-refractivity contribution in [2.75, 3.05) is 12.4 Å². The zero-order valence-electron chi connectivity index (χ0n) is 10.5. The molecule has 1 unspecified atom stereocenters. The summed E-state index contributed by atoms with van der Waals surface area (Å²) >= 11 is 0. The highest BCUT2D eigenvalue weighted by molar-refractivity contribution is 5.94. The zero-order valence-corrected chi connectivity index (χ0v) is 10.5. The molecule has 0 heterocycles. The minimum Gasteiger partial charge on any atom is -0.372 e. The first kappa shape index (κ1) is 15.9. The van der Waals surface area contributed by atoms with Gasteiger partial charge in [0.2, 0.25) is 0 Å². The second kappa shape index (κ2) is 5.87. The fraction of sp³-hybridized carbons (Fsp3) is 0.364. The monoisotopic (exact) mass is 292 g/mol. The van der Waals surface area contributed by atoms with E-state index in [9.17, 15) is 28.1 Å². The van der Waals surface area contributed by atoms with Crippen LogP contribution >= 0.6 is 0 Å². The smallest absolute Gasteiger partial charge is 0.372 e. The van der Waals surface area contributed by atoms with Crippen LogP contribution in [0, 0.1) is 10.1 Å². The van der Waals surface area contributed by atoms with Crippen molar-refractivity contribution in [1.29, 1.82) is 0 Å². The average molecular weight is 292 g/mol. The number of carbonyl (C=O) groups is 1. The Morgan fingerprint density at radius 2 is 2.05 bits per heavy atom. The van der Waals surface area contributed by atoms with Gasteiger partial charge in [0.05, 0.1) is 4.92 Å². The van der Waals surface area contributed by atoms with Gasteiger partial charge in [-0.25, -0.2) is 0 Å². The van der Waals surface area contributed by atoms with Gasteiger partial charge in [-0.3, -0.25) is 14.9 Å². The lowest BCUT2D eigenvalue weighted by molar-refractivity contribution is -0.388. The van der Waals surface area contributed by atoms with Gasteiger partial charge in [0.25, 0.3) is 11.6 Å². The molecule has 9 heteroatoms. The van der Waals surface area contributed by atoms with Crippen LogP contribution in [-0.2, 0) is 15.7 Å². The maximum absolute atomic E-state index is 12.7. The Morgan fingerprint density at radius 1 is 1.45 bits per heavy atom. The van der Waals surface area contributed by atoms with E-state index in [1.54, 1.807) is 0 Å². The predicted octanol–water partition coefficient (Wildman–Crippen LogP) is 2.59. The van der Waals surface area contributed by atoms with Gasteiger partial charge in [-0.05, 0) is 19.1 Å². The fourth-order valence-corrected chi connectivity index (χ4v) is 1.35. The Kier molecular flexibility index (Phi) is 4.66. The van der Waals surface area contributed by atoms with E-state index in [-0.39, 0.29) is 5.69 Å². The number of nitrogens with zero attached hydrogens (tertiary/aromatic N) is 1. The van der Waals surface area contributed by atoms with E-state index in [1.807, 2.05) is 0 Å². The molecule has 1 N–H and O–H groups in total. The van der Waals surface area contributed by atoms with Gasteiger partial charge in [0.1, 0.15) is 11.7 Å². The Labute approximate surface area is 111 Å². The summed E-state index contributed by atoms with van der Waals surface area (Å²) in [6, 6.07) is 2.22. The lowest BCUT2D eigenvalue weighted by Gasteiger charge is -2.12. The first-order chi connectivity index (χ1) is 9.16. The standard InChI is InChI=1S/C11H11F3N2O4/c1-6(20-2)10(17)15-7-3-4-9(16(18)19)8(5-7)11(12,13)14/h3-6H,1-2H3,(H,15,17). The molecule has 1 aromatic carbocycles. The van der Waals surface area contributed by atoms with Gasteiger partial charge < -0.3 is 10.1 Å². The van der Waals surface area contributed by atoms with Crippen LogP contribution in [0.25, 0.3) is 0 Å². The molecule has 0 aliphatic heterocycles. The number of ether oxygens (including phenoxy) is 1. The number of nitrogens with one attached hydrogen (secondary N) is 1. The normalized spacial score (nSPS) is 12.8. The second-order valence-electron chi connectivity index (χ2n) is 3.85. The number of amides is 1. The average Bonchev–Trinajstić information content (AvgIpc) is 2.36. The van der Waals surface area contributed by atoms with Crippen LogP contribution in [0.1, 0.15) is 12.5 Å². The number of halogens is 3. The van der Waals surface area contributed by atoms with Gasteiger partial charge >= 0.3 is 6.18 Å². The highest BCUT2D eigenvalue weighted by atomic mass is 19.4. The molecule has 6 nitrogen and oxygen atoms in total. The van der Waals surface area contributed by atoms with E-state index in [1.165, 1.54) is 14.0 Å². The topological polar surface area (TPSA) is 81.5 Å². The number of hydrogen-bond acceptors (Lipinski definition) is 4. The summed E-state index contributed by atoms with van der Waals surface area (Å²) < 4.78 is 42.8. The van der Waals surface area contributed by atoms with E-state index in [4.69, 9.17) is 4.74 Å². The highest BCUT2D eigenvalue weighted by Gasteiger charge is 2.38. The van der Waals surface area contributed by atoms with Gasteiger partial charge in [-0.2, -0.15) is 13.2 Å². The third-order valence-corrected chi connectivity index (χ3v) is 2.49. The van der Waals surface area contributed by atoms with Crippen molar-refractivity contribution in [2.45, 2.75) is 19.2 Å². The molecule has 0 aliphatic rings. The summed E-state index contributed by atoms with van der Waals surface area (Å²) in [7, 11) is 1.27. The van der Waals surface area contributed by atoms with Crippen LogP contribution in [-0.4, -0.2) is 24.0 Å². The van der Waals surface area contributed by atoms with Crippen LogP contribution in [0.4, 0.5) is 24.5 Å². The summed E-state index contributed by atoms with van der Waals surface area (Å²) in [6.07, 6.45) is -5.75. The first-order valence-electron chi connectivity index (χ1n) is 5.36. The Morgan fingerprint density at radius 3 is 2.50 bits per heavy atom. The molecular weight excluding hydrogens is 281 g/mol. The highest BCUT2D eigenvalue weighted by Crippen LogP contribution is 2.37. The van der Waals surface area contributed by atoms with Crippen LogP contribution in [0.5, 0.6) is 0 Å². The van der Waals surface area contributed by atoms with Crippen molar-refractivity contribution in [3.63, 3.8) is 0 Å². The van der Waals surface area contributed by atoms with Gasteiger partial charge in [0, 0.05) is 18.9 Å². The fourth-order valence-electron chi connectivity index (χ4n) is 1.35. The lowest BCUT2D eigenvalue weighted by atomic mass is 10.1. The number of nitro benzene ring substituents is 1. The molecule has 1 atom stereocenters. The summed E-state index contributed by atoms with van der Waals surface area (Å²) in [5.74, 6) is -0.658. The molecular formula is C11H11F3N2O4. The molecule has 110 valence electrons. The Bertz CT molecular complexity index is 531. The van der Waals surface area contributed by atoms with Crippen LogP contribution < -0.4 is 5.32 Å². The number of alkyl halides is 3. The molecule has 0 spiro atoms. The van der Waals surface area contributed by atoms with E-state index in [0.29, 0.717) is 12.1 Å². The SMILES string of the molecule is COC(C)C(=O)Nc1ccc([N+](=O)[O-])c(C(F)(F)F)c1. The molecule has 0 saturated carbocycles. The van der Waals surface area contributed by atoms with Crippen molar-refractivity contribution in [1.82, 2.24) is 0 Å². The van der Waals surface area contributed by atoms with Crippen molar-refractivity contribution in [3.05, 3.63) is 33.9 Å². The number of methoxy groups -OCH3 is 1. The molecule has 0 saturated heterocycles. The first-order valence-corrected chi connectivity index (χ1v) is 5.36. The van der Waals surface area contributed by atoms with Gasteiger partial charge in [-0.15, -0.1) is 0 Å². The number of hydrogen-bond donors (Lipinski definition) is 1. The lowest BCUT2D eigenvalue weighted by Crippen LogP contribution is -2.26. The van der Waals surface area contributed by atoms with Crippen molar-refractivity contribution in [3.8, 4) is 0 Å². The zero-order chi connectivity index (χ0) is 15.5. The van der Waals surface area contributed by atoms with E-state index < -0.39 is 34.4 Å². The maximum Gasteiger partial charge on any atom is 0.423 e. The summed E-state index contributed by atoms with van der Waals surface area (Å²) in [5, 5.41) is 12.7. The van der Waals surface area contributed by atoms with Crippen molar-refractivity contribution in [2.24, 2.45) is 0 Å². The molecule has 0 fully saturated rings. The number of carbonyl (C=O) groups excluding carboxylic acids is 1. The molecule has 20 heavy (non-hydrogen) atoms. The van der Waals surface area contributed by atoms with E-state index in [2.05, 4.69) is 5.32 Å². The van der Waals surface area contributed by atoms with Crippen LogP contribution in [0.3, 0.4) is 0 Å². The number of rotatable bonds is 4. The molecule has 1 aromatic rings. The van der Waals surface area contributed by atoms with Crippen molar-refractivity contribution >= 4 is 17.3 Å². The van der Waals surface area contributed by atoms with Gasteiger partial charge in [-0.1, -0.05) is 0 Å². The van der Waals surface area contributed by atoms with Crippen LogP contribution in [0.15, 0.2) is 18.2 Å². The number of anilines is 1. The minimum absolute atomic E-state index is 0.197. The quantitative estimate of drug-likeness (QED) is 0.683. The summed E-state index contributed by atoms with van der Waals surface area (Å²) in [4.78, 5) is 20.9. The van der Waals surface area contributed by atoms with Crippen LogP contribution in [0.2, 0.25) is 0 Å². The predicted molar refractivity (Wildman–Crippen MR) is 63.2 cm³/mol. The Balaban J connectivity index is 3.14. The molecule has 1 amide bonds. The van der Waals surface area contributed by atoms with Crippen molar-refractivity contribution < 1.29 is 27.6 Å². The maximum atomic E-state index is 12.7. The molecule has 0 aliphatic carbocycles. The third-order valence-electron chi connectivity index (χ3n) is 2.49.